The number of ether oxygens (including phenoxy) is 1. The fraction of sp³-hybridized carbons (Fsp3) is 0.391. The zero-order chi connectivity index (χ0) is 24.7. The van der Waals surface area contributed by atoms with E-state index in [9.17, 15) is 9.18 Å². The molecular formula is C23H28BrClFN5O2Si-. The van der Waals surface area contributed by atoms with E-state index >= 15 is 0 Å². The minimum Gasteiger partial charge on any atom is -0.362 e. The van der Waals surface area contributed by atoms with Crippen molar-refractivity contribution in [1.29, 1.82) is 0 Å². The Balaban J connectivity index is 1.74. The van der Waals surface area contributed by atoms with E-state index in [-0.39, 0.29) is 24.1 Å². The van der Waals surface area contributed by atoms with Gasteiger partial charge in [-0.15, -0.1) is 14.1 Å². The lowest BCUT2D eigenvalue weighted by Gasteiger charge is -2.26. The normalized spacial score (nSPS) is 11.6. The summed E-state index contributed by atoms with van der Waals surface area (Å²) < 4.78 is 21.2. The smallest absolute Gasteiger partial charge is 0.225 e. The van der Waals surface area contributed by atoms with Crippen LogP contribution < -0.4 is 5.32 Å². The Morgan fingerprint density at radius 3 is 2.71 bits per heavy atom. The number of rotatable bonds is 11. The second kappa shape index (κ2) is 12.0. The van der Waals surface area contributed by atoms with Crippen LogP contribution in [0.3, 0.4) is 0 Å². The molecule has 0 aliphatic carbocycles. The molecule has 1 aromatic carbocycles. The summed E-state index contributed by atoms with van der Waals surface area (Å²) >= 11 is 9.20. The molecule has 1 amide bonds. The molecule has 0 bridgehead atoms. The fourth-order valence-electron chi connectivity index (χ4n) is 3.12. The van der Waals surface area contributed by atoms with Crippen molar-refractivity contribution in [1.82, 2.24) is 20.0 Å². The molecule has 183 valence electrons. The highest BCUT2D eigenvalue weighted by Gasteiger charge is 2.16. The number of amides is 1. The number of nitrogens with zero attached hydrogens (tertiary/aromatic N) is 4. The molecule has 0 aliphatic heterocycles. The van der Waals surface area contributed by atoms with Crippen molar-refractivity contribution in [2.45, 2.75) is 50.6 Å². The molecule has 0 saturated heterocycles. The molecule has 0 radical (unpaired) electrons. The number of nitrogens with one attached hydrogen (secondary N) is 1. The maximum atomic E-state index is 13.7. The fourth-order valence-corrected chi connectivity index (χ4v) is 4.44. The number of anilines is 1. The van der Waals surface area contributed by atoms with Gasteiger partial charge in [-0.05, 0) is 29.7 Å². The van der Waals surface area contributed by atoms with E-state index in [4.69, 9.17) is 16.3 Å². The summed E-state index contributed by atoms with van der Waals surface area (Å²) in [7, 11) is -1.23. The minimum absolute atomic E-state index is 0.0622. The van der Waals surface area contributed by atoms with Gasteiger partial charge in [0.2, 0.25) is 5.91 Å². The number of carbonyl (C=O) groups is 1. The van der Waals surface area contributed by atoms with Gasteiger partial charge in [-0.2, -0.15) is 34.9 Å². The summed E-state index contributed by atoms with van der Waals surface area (Å²) in [5, 5.41) is 16.1. The number of aryl methyl sites for hydroxylation is 1. The second-order valence-electron chi connectivity index (χ2n) is 9.12. The van der Waals surface area contributed by atoms with Gasteiger partial charge in [0.1, 0.15) is 18.4 Å². The van der Waals surface area contributed by atoms with E-state index in [1.165, 1.54) is 12.1 Å². The van der Waals surface area contributed by atoms with Gasteiger partial charge in [0.25, 0.3) is 0 Å². The third-order valence-electron chi connectivity index (χ3n) is 5.12. The summed E-state index contributed by atoms with van der Waals surface area (Å²) in [6.45, 7) is 7.71. The van der Waals surface area contributed by atoms with Crippen LogP contribution in [-0.4, -0.2) is 40.6 Å². The number of aromatic nitrogens is 4. The van der Waals surface area contributed by atoms with Gasteiger partial charge in [-0.1, -0.05) is 33.6 Å². The first-order valence-corrected chi connectivity index (χ1v) is 16.1. The number of alkyl halides is 1. The number of carbonyl (C=O) groups excluding carboxylic acids is 1. The maximum Gasteiger partial charge on any atom is 0.225 e. The van der Waals surface area contributed by atoms with Gasteiger partial charge in [0.15, 0.2) is 0 Å². The van der Waals surface area contributed by atoms with Crippen LogP contribution in [0.1, 0.15) is 17.5 Å². The number of halogens is 3. The molecule has 0 fully saturated rings. The van der Waals surface area contributed by atoms with Gasteiger partial charge in [-0.25, -0.2) is 9.07 Å². The van der Waals surface area contributed by atoms with Crippen molar-refractivity contribution in [2.75, 3.05) is 11.9 Å². The topological polar surface area (TPSA) is 81.9 Å². The van der Waals surface area contributed by atoms with E-state index in [1.54, 1.807) is 29.2 Å². The number of hydrogen-bond donors (Lipinski definition) is 1. The molecule has 1 N–H and O–H groups in total. The summed E-state index contributed by atoms with van der Waals surface area (Å²) in [6, 6.07) is 7.38. The lowest BCUT2D eigenvalue weighted by atomic mass is 10.1. The highest BCUT2D eigenvalue weighted by molar-refractivity contribution is 9.08. The van der Waals surface area contributed by atoms with Crippen molar-refractivity contribution in [3.05, 3.63) is 58.6 Å². The van der Waals surface area contributed by atoms with Crippen molar-refractivity contribution in [2.24, 2.45) is 0 Å². The molecule has 0 spiro atoms. The molecule has 0 atom stereocenters. The standard InChI is InChI=1S/C23H28BrClFN5O2Si/c1-34(2,3)9-8-33-15-31-22(11-21(30-31)18-14-28-27-13-17(18)12-24)29-23(32)7-5-16-4-6-19(25)20(26)10-16/h4,6,10-11,13-14H,5,7-9,12,15H2,1-3H3,(H,29,32)/q-1. The van der Waals surface area contributed by atoms with Gasteiger partial charge >= 0.3 is 0 Å². The highest BCUT2D eigenvalue weighted by Crippen LogP contribution is 2.26. The molecule has 0 saturated carbocycles. The first-order valence-electron chi connectivity index (χ1n) is 10.9. The van der Waals surface area contributed by atoms with E-state index in [0.717, 1.165) is 17.2 Å². The zero-order valence-electron chi connectivity index (χ0n) is 19.4. The molecule has 3 rings (SSSR count). The predicted molar refractivity (Wildman–Crippen MR) is 138 cm³/mol. The van der Waals surface area contributed by atoms with Crippen LogP contribution in [0, 0.1) is 5.82 Å². The Morgan fingerprint density at radius 1 is 1.24 bits per heavy atom. The molecule has 0 unspecified atom stereocenters. The van der Waals surface area contributed by atoms with Gasteiger partial charge in [0, 0.05) is 30.0 Å². The Kier molecular flexibility index (Phi) is 9.35. The predicted octanol–water partition coefficient (Wildman–Crippen LogP) is 5.91. The molecule has 3 aromatic rings. The molecular weight excluding hydrogens is 541 g/mol. The highest BCUT2D eigenvalue weighted by atomic mass is 79.9. The quantitative estimate of drug-likeness (QED) is 0.177. The molecule has 2 heterocycles. The Morgan fingerprint density at radius 2 is 2.00 bits per heavy atom. The zero-order valence-corrected chi connectivity index (χ0v) is 22.8. The molecule has 11 heteroatoms. The van der Waals surface area contributed by atoms with Gasteiger partial charge in [0.05, 0.1) is 23.1 Å². The van der Waals surface area contributed by atoms with E-state index in [1.807, 2.05) is 0 Å². The largest absolute Gasteiger partial charge is 0.362 e. The summed E-state index contributed by atoms with van der Waals surface area (Å²) in [5.74, 6) is -0.183. The third-order valence-corrected chi connectivity index (χ3v) is 7.73. The van der Waals surface area contributed by atoms with Crippen molar-refractivity contribution in [3.8, 4) is 11.3 Å². The lowest BCUT2D eigenvalue weighted by molar-refractivity contribution is -0.116. The van der Waals surface area contributed by atoms with E-state index < -0.39 is 13.9 Å². The van der Waals surface area contributed by atoms with E-state index in [2.05, 4.69) is 56.2 Å². The summed E-state index contributed by atoms with van der Waals surface area (Å²) in [6.07, 6.45) is 3.89. The first kappa shape index (κ1) is 26.5. The van der Waals surface area contributed by atoms with Crippen LogP contribution in [0.5, 0.6) is 0 Å². The Hall–Kier alpha value is -2.14. The van der Waals surface area contributed by atoms with E-state index in [0.29, 0.717) is 35.4 Å². The SMILES string of the molecule is C[Si-](C)(C)CCOCn1nc(-c2cnncc2CBr)cc1NC(=O)CCc1ccc(Cl)c(F)c1. The monoisotopic (exact) mass is 567 g/mol. The summed E-state index contributed by atoms with van der Waals surface area (Å²) in [5.41, 5.74) is 3.11. The molecule has 0 aliphatic rings. The van der Waals surface area contributed by atoms with Gasteiger partial charge in [-0.3, -0.25) is 4.79 Å². The molecule has 7 nitrogen and oxygen atoms in total. The van der Waals surface area contributed by atoms with Crippen LogP contribution >= 0.6 is 27.5 Å². The van der Waals surface area contributed by atoms with Crippen molar-refractivity contribution in [3.63, 3.8) is 0 Å². The van der Waals surface area contributed by atoms with Crippen LogP contribution in [0.2, 0.25) is 30.7 Å². The number of hydrogen-bond acceptors (Lipinski definition) is 5. The molecule has 34 heavy (non-hydrogen) atoms. The van der Waals surface area contributed by atoms with Crippen LogP contribution in [-0.2, 0) is 28.0 Å². The minimum atomic E-state index is -1.23. The Bertz CT molecular complexity index is 1140. The number of benzene rings is 1. The second-order valence-corrected chi connectivity index (χ2v) is 15.7. The van der Waals surface area contributed by atoms with Crippen LogP contribution in [0.25, 0.3) is 11.3 Å². The van der Waals surface area contributed by atoms with Crippen molar-refractivity contribution < 1.29 is 13.9 Å². The third kappa shape index (κ3) is 7.69. The van der Waals surface area contributed by atoms with Crippen LogP contribution in [0.4, 0.5) is 10.2 Å². The van der Waals surface area contributed by atoms with Crippen molar-refractivity contribution >= 4 is 47.3 Å². The first-order chi connectivity index (χ1) is 16.2. The van der Waals surface area contributed by atoms with Crippen LogP contribution in [0.15, 0.2) is 36.7 Å². The Labute approximate surface area is 213 Å². The lowest BCUT2D eigenvalue weighted by Crippen LogP contribution is -2.22. The molecule has 2 aromatic heterocycles. The average molecular weight is 569 g/mol. The maximum absolute atomic E-state index is 13.7. The van der Waals surface area contributed by atoms with Gasteiger partial charge < -0.3 is 10.1 Å². The average Bonchev–Trinajstić information content (AvgIpc) is 3.19. The summed E-state index contributed by atoms with van der Waals surface area (Å²) in [4.78, 5) is 12.7.